The Hall–Kier alpha value is -1.50. The van der Waals surface area contributed by atoms with Crippen LogP contribution < -0.4 is 0 Å². The maximum atomic E-state index is 12.9. The average molecular weight is 293 g/mol. The third-order valence-corrected chi connectivity index (χ3v) is 4.99. The lowest BCUT2D eigenvalue weighted by molar-refractivity contribution is -0.147. The lowest BCUT2D eigenvalue weighted by atomic mass is 9.67. The molecule has 21 heavy (non-hydrogen) atoms. The summed E-state index contributed by atoms with van der Waals surface area (Å²) < 4.78 is 5.82. The standard InChI is InChI=1S/C14H23N5O2/c1-3-21-13(2)7-9-19(10-8-13)12(20)14(5-4-6-14)11-15-17-18-16-11/h3-10H2,1-2H3,(H,15,16,17,18). The molecule has 2 heterocycles. The van der Waals surface area contributed by atoms with Gasteiger partial charge in [0.1, 0.15) is 5.41 Å². The molecular weight excluding hydrogens is 270 g/mol. The molecule has 0 radical (unpaired) electrons. The molecule has 1 amide bonds. The van der Waals surface area contributed by atoms with Crippen LogP contribution in [0.5, 0.6) is 0 Å². The molecule has 1 saturated heterocycles. The fraction of sp³-hybridized carbons (Fsp3) is 0.857. The van der Waals surface area contributed by atoms with Gasteiger partial charge in [-0.3, -0.25) is 4.79 Å². The Kier molecular flexibility index (Phi) is 3.69. The van der Waals surface area contributed by atoms with Crippen molar-refractivity contribution in [3.63, 3.8) is 0 Å². The van der Waals surface area contributed by atoms with Gasteiger partial charge in [0.25, 0.3) is 0 Å². The van der Waals surface area contributed by atoms with Crippen molar-refractivity contribution < 1.29 is 9.53 Å². The van der Waals surface area contributed by atoms with Gasteiger partial charge in [0, 0.05) is 19.7 Å². The quantitative estimate of drug-likeness (QED) is 0.896. The van der Waals surface area contributed by atoms with Gasteiger partial charge in [-0.1, -0.05) is 11.6 Å². The van der Waals surface area contributed by atoms with E-state index < -0.39 is 5.41 Å². The van der Waals surface area contributed by atoms with E-state index in [-0.39, 0.29) is 11.5 Å². The van der Waals surface area contributed by atoms with E-state index in [2.05, 4.69) is 27.5 Å². The summed E-state index contributed by atoms with van der Waals surface area (Å²) in [6, 6.07) is 0. The topological polar surface area (TPSA) is 84.0 Å². The van der Waals surface area contributed by atoms with Crippen LogP contribution in [0.1, 0.15) is 51.8 Å². The van der Waals surface area contributed by atoms with E-state index in [9.17, 15) is 4.79 Å². The highest BCUT2D eigenvalue weighted by atomic mass is 16.5. The van der Waals surface area contributed by atoms with Gasteiger partial charge in [0.15, 0.2) is 5.82 Å². The van der Waals surface area contributed by atoms with Crippen molar-refractivity contribution >= 4 is 5.91 Å². The number of aromatic nitrogens is 4. The van der Waals surface area contributed by atoms with Gasteiger partial charge in [0.05, 0.1) is 5.60 Å². The zero-order valence-electron chi connectivity index (χ0n) is 12.8. The van der Waals surface area contributed by atoms with Crippen LogP contribution >= 0.6 is 0 Å². The molecule has 1 aliphatic carbocycles. The minimum absolute atomic E-state index is 0.0928. The van der Waals surface area contributed by atoms with Crippen LogP contribution in [-0.2, 0) is 14.9 Å². The summed E-state index contributed by atoms with van der Waals surface area (Å²) in [5.74, 6) is 0.714. The van der Waals surface area contributed by atoms with E-state index in [1.54, 1.807) is 0 Å². The summed E-state index contributed by atoms with van der Waals surface area (Å²) in [6.07, 6.45) is 4.46. The Morgan fingerprint density at radius 2 is 2.05 bits per heavy atom. The van der Waals surface area contributed by atoms with Crippen molar-refractivity contribution in [1.82, 2.24) is 25.5 Å². The van der Waals surface area contributed by atoms with Crippen LogP contribution in [0.4, 0.5) is 0 Å². The summed E-state index contributed by atoms with van der Waals surface area (Å²) in [6.45, 7) is 6.36. The summed E-state index contributed by atoms with van der Waals surface area (Å²) in [4.78, 5) is 14.9. The first kappa shape index (κ1) is 14.4. The van der Waals surface area contributed by atoms with Crippen LogP contribution in [0.3, 0.4) is 0 Å². The second kappa shape index (κ2) is 5.36. The van der Waals surface area contributed by atoms with Crippen LogP contribution in [0, 0.1) is 0 Å². The number of aromatic amines is 1. The van der Waals surface area contributed by atoms with Crippen LogP contribution in [0.15, 0.2) is 0 Å². The molecule has 1 aromatic rings. The first-order valence-corrected chi connectivity index (χ1v) is 7.77. The number of tetrazole rings is 1. The molecule has 116 valence electrons. The number of hydrogen-bond acceptors (Lipinski definition) is 5. The van der Waals surface area contributed by atoms with Crippen LogP contribution in [0.2, 0.25) is 0 Å². The van der Waals surface area contributed by atoms with E-state index in [1.807, 2.05) is 11.8 Å². The Labute approximate surface area is 124 Å². The van der Waals surface area contributed by atoms with Gasteiger partial charge in [0.2, 0.25) is 5.91 Å². The Balaban J connectivity index is 1.69. The van der Waals surface area contributed by atoms with E-state index in [0.717, 1.165) is 51.8 Å². The van der Waals surface area contributed by atoms with Crippen molar-refractivity contribution in [3.05, 3.63) is 5.82 Å². The Bertz CT molecular complexity index is 489. The Morgan fingerprint density at radius 1 is 1.33 bits per heavy atom. The molecule has 1 aromatic heterocycles. The van der Waals surface area contributed by atoms with E-state index in [0.29, 0.717) is 5.82 Å². The largest absolute Gasteiger partial charge is 0.375 e. The van der Waals surface area contributed by atoms with E-state index in [4.69, 9.17) is 4.74 Å². The van der Waals surface area contributed by atoms with Crippen LogP contribution in [0.25, 0.3) is 0 Å². The zero-order chi connectivity index (χ0) is 14.9. The monoisotopic (exact) mass is 293 g/mol. The van der Waals surface area contributed by atoms with Gasteiger partial charge in [-0.25, -0.2) is 0 Å². The van der Waals surface area contributed by atoms with E-state index >= 15 is 0 Å². The molecule has 0 bridgehead atoms. The fourth-order valence-electron chi connectivity index (χ4n) is 3.41. The lowest BCUT2D eigenvalue weighted by Gasteiger charge is -2.45. The zero-order valence-corrected chi connectivity index (χ0v) is 12.8. The van der Waals surface area contributed by atoms with Crippen molar-refractivity contribution in [3.8, 4) is 0 Å². The maximum Gasteiger partial charge on any atom is 0.236 e. The molecule has 1 aliphatic heterocycles. The number of carbonyl (C=O) groups excluding carboxylic acids is 1. The SMILES string of the molecule is CCOC1(C)CCN(C(=O)C2(c3nn[nH]n3)CCC2)CC1. The molecule has 3 rings (SSSR count). The van der Waals surface area contributed by atoms with Crippen molar-refractivity contribution in [2.45, 2.75) is 57.0 Å². The van der Waals surface area contributed by atoms with E-state index in [1.165, 1.54) is 0 Å². The highest BCUT2D eigenvalue weighted by molar-refractivity contribution is 5.88. The number of nitrogens with zero attached hydrogens (tertiary/aromatic N) is 4. The number of rotatable bonds is 4. The number of nitrogens with one attached hydrogen (secondary N) is 1. The van der Waals surface area contributed by atoms with Gasteiger partial charge in [-0.2, -0.15) is 5.21 Å². The lowest BCUT2D eigenvalue weighted by Crippen LogP contribution is -2.55. The van der Waals surface area contributed by atoms with Gasteiger partial charge in [-0.05, 0) is 39.5 Å². The molecule has 2 aliphatic rings. The molecule has 0 spiro atoms. The molecule has 7 heteroatoms. The molecule has 2 fully saturated rings. The highest BCUT2D eigenvalue weighted by Crippen LogP contribution is 2.44. The van der Waals surface area contributed by atoms with Crippen molar-refractivity contribution in [2.24, 2.45) is 0 Å². The fourth-order valence-corrected chi connectivity index (χ4v) is 3.41. The first-order valence-electron chi connectivity index (χ1n) is 7.77. The van der Waals surface area contributed by atoms with Crippen molar-refractivity contribution in [1.29, 1.82) is 0 Å². The molecular formula is C14H23N5O2. The normalized spacial score (nSPS) is 23.6. The van der Waals surface area contributed by atoms with Gasteiger partial charge < -0.3 is 9.64 Å². The summed E-state index contributed by atoms with van der Waals surface area (Å²) in [7, 11) is 0. The molecule has 7 nitrogen and oxygen atoms in total. The summed E-state index contributed by atoms with van der Waals surface area (Å²) in [5, 5.41) is 14.2. The predicted molar refractivity (Wildman–Crippen MR) is 75.6 cm³/mol. The van der Waals surface area contributed by atoms with Crippen molar-refractivity contribution in [2.75, 3.05) is 19.7 Å². The second-order valence-electron chi connectivity index (χ2n) is 6.35. The molecule has 0 atom stereocenters. The number of piperidine rings is 1. The maximum absolute atomic E-state index is 12.9. The third-order valence-electron chi connectivity index (χ3n) is 4.99. The number of likely N-dealkylation sites (tertiary alicyclic amines) is 1. The number of amides is 1. The number of H-pyrrole nitrogens is 1. The van der Waals surface area contributed by atoms with Gasteiger partial charge in [-0.15, -0.1) is 10.2 Å². The highest BCUT2D eigenvalue weighted by Gasteiger charge is 2.51. The third kappa shape index (κ3) is 2.43. The molecule has 0 aromatic carbocycles. The minimum atomic E-state index is -0.535. The summed E-state index contributed by atoms with van der Waals surface area (Å²) in [5.41, 5.74) is -0.628. The molecule has 0 unspecified atom stereocenters. The van der Waals surface area contributed by atoms with Gasteiger partial charge >= 0.3 is 0 Å². The second-order valence-corrected chi connectivity index (χ2v) is 6.35. The summed E-state index contributed by atoms with van der Waals surface area (Å²) >= 11 is 0. The molecule has 1 N–H and O–H groups in total. The predicted octanol–water partition coefficient (Wildman–Crippen LogP) is 1.04. The number of ether oxygens (including phenoxy) is 1. The molecule has 1 saturated carbocycles. The number of carbonyl (C=O) groups is 1. The average Bonchev–Trinajstić information content (AvgIpc) is 2.92. The Morgan fingerprint density at radius 3 is 2.52 bits per heavy atom. The minimum Gasteiger partial charge on any atom is -0.375 e. The first-order chi connectivity index (χ1) is 10.1. The van der Waals surface area contributed by atoms with Crippen LogP contribution in [-0.4, -0.2) is 56.7 Å². The number of hydrogen-bond donors (Lipinski definition) is 1. The smallest absolute Gasteiger partial charge is 0.236 e.